The molecular formula is C6BF16-. The Morgan fingerprint density at radius 3 is 0.870 bits per heavy atom. The van der Waals surface area contributed by atoms with Crippen LogP contribution in [0, 0.1) is 0 Å². The van der Waals surface area contributed by atoms with E-state index in [0.29, 0.717) is 0 Å². The average molecular weight is 387 g/mol. The van der Waals surface area contributed by atoms with Crippen molar-refractivity contribution >= 4 is 6.98 Å². The van der Waals surface area contributed by atoms with E-state index in [1.165, 1.54) is 0 Å². The van der Waals surface area contributed by atoms with E-state index in [9.17, 15) is 70.0 Å². The average Bonchev–Trinajstić information content (AvgIpc) is 2.24. The molecule has 0 fully saturated rings. The van der Waals surface area contributed by atoms with Crippen molar-refractivity contribution in [1.29, 1.82) is 0 Å². The molecule has 23 heavy (non-hydrogen) atoms. The minimum Gasteiger partial charge on any atom is -0.445 e. The van der Waals surface area contributed by atoms with Gasteiger partial charge in [0.2, 0.25) is 0 Å². The molecule has 0 aliphatic carbocycles. The number of rotatable bonds is 5. The van der Waals surface area contributed by atoms with E-state index in [0.717, 1.165) is 0 Å². The highest BCUT2D eigenvalue weighted by Crippen LogP contribution is 2.61. The second-order valence-electron chi connectivity index (χ2n) is 3.99. The van der Waals surface area contributed by atoms with Gasteiger partial charge in [0.25, 0.3) is 5.82 Å². The fraction of sp³-hybridized carbons (Fsp3) is 1.00. The van der Waals surface area contributed by atoms with Crippen LogP contribution in [0.2, 0.25) is 0 Å². The van der Waals surface area contributed by atoms with Crippen LogP contribution in [0.4, 0.5) is 70.0 Å². The summed E-state index contributed by atoms with van der Waals surface area (Å²) in [7, 11) is 0. The molecule has 0 aromatic rings. The summed E-state index contributed by atoms with van der Waals surface area (Å²) in [5, 5.41) is 0. The summed E-state index contributed by atoms with van der Waals surface area (Å²) in [6.45, 7) is -8.37. The van der Waals surface area contributed by atoms with Crippen LogP contribution in [0.15, 0.2) is 0 Å². The maximum Gasteiger partial charge on any atom is 0.554 e. The van der Waals surface area contributed by atoms with Crippen molar-refractivity contribution in [2.45, 2.75) is 35.7 Å². The van der Waals surface area contributed by atoms with Crippen LogP contribution in [-0.2, 0) is 0 Å². The highest BCUT2D eigenvalue weighted by molar-refractivity contribution is 6.61. The van der Waals surface area contributed by atoms with Crippen LogP contribution < -0.4 is 0 Å². The van der Waals surface area contributed by atoms with Gasteiger partial charge in [-0.05, 0) is 0 Å². The van der Waals surface area contributed by atoms with Gasteiger partial charge in [-0.25, -0.2) is 8.78 Å². The number of hydrogen-bond acceptors (Lipinski definition) is 0. The highest BCUT2D eigenvalue weighted by Gasteiger charge is 2.92. The third-order valence-electron chi connectivity index (χ3n) is 2.37. The molecule has 0 rings (SSSR count). The summed E-state index contributed by atoms with van der Waals surface area (Å²) in [5.74, 6) is -41.1. The molecule has 0 aliphatic heterocycles. The Hall–Kier alpha value is -1.06. The van der Waals surface area contributed by atoms with Crippen molar-refractivity contribution in [2.75, 3.05) is 0 Å². The van der Waals surface area contributed by atoms with E-state index in [2.05, 4.69) is 0 Å². The van der Waals surface area contributed by atoms with Gasteiger partial charge in [0.05, 0.1) is 0 Å². The van der Waals surface area contributed by atoms with Crippen molar-refractivity contribution in [3.05, 3.63) is 0 Å². The van der Waals surface area contributed by atoms with Gasteiger partial charge in [-0.15, -0.1) is 0 Å². The number of halogens is 16. The molecule has 17 heteroatoms. The van der Waals surface area contributed by atoms with E-state index >= 15 is 0 Å². The van der Waals surface area contributed by atoms with E-state index < -0.39 is 42.7 Å². The summed E-state index contributed by atoms with van der Waals surface area (Å²) >= 11 is 0. The van der Waals surface area contributed by atoms with E-state index in [4.69, 9.17) is 0 Å². The van der Waals surface area contributed by atoms with Gasteiger partial charge < -0.3 is 12.9 Å². The zero-order valence-corrected chi connectivity index (χ0v) is 9.62. The van der Waals surface area contributed by atoms with Gasteiger partial charge in [0, 0.05) is 0 Å². The van der Waals surface area contributed by atoms with Crippen molar-refractivity contribution in [2.24, 2.45) is 0 Å². The largest absolute Gasteiger partial charge is 0.554 e. The summed E-state index contributed by atoms with van der Waals surface area (Å²) in [4.78, 5) is 0. The quantitative estimate of drug-likeness (QED) is 0.455. The summed E-state index contributed by atoms with van der Waals surface area (Å²) < 4.78 is 194. The Morgan fingerprint density at radius 1 is 0.391 bits per heavy atom. The van der Waals surface area contributed by atoms with E-state index in [1.54, 1.807) is 0 Å². The van der Waals surface area contributed by atoms with Crippen LogP contribution in [0.5, 0.6) is 0 Å². The van der Waals surface area contributed by atoms with E-state index in [-0.39, 0.29) is 0 Å². The standard InChI is InChI=1S/C6BF16/c8-1(9,2(10,11)4(14,15)6(18,19)20)3(12,13)5(16,17)7(21,22)23/q-1. The SMILES string of the molecule is F[B-](F)(F)C(F)(F)C(F)(F)C(F)(F)C(F)(F)C(F)(F)C(F)(F)F. The van der Waals surface area contributed by atoms with Crippen molar-refractivity contribution in [3.63, 3.8) is 0 Å². The molecule has 0 amide bonds. The molecule has 0 radical (unpaired) electrons. The molecule has 0 bridgehead atoms. The van der Waals surface area contributed by atoms with Gasteiger partial charge in [0.1, 0.15) is 0 Å². The lowest BCUT2D eigenvalue weighted by Crippen LogP contribution is -2.73. The fourth-order valence-corrected chi connectivity index (χ4v) is 0.987. The summed E-state index contributed by atoms with van der Waals surface area (Å²) in [6.07, 6.45) is -7.66. The maximum atomic E-state index is 12.6. The molecule has 0 heterocycles. The summed E-state index contributed by atoms with van der Waals surface area (Å²) in [6, 6.07) is 0. The Bertz CT molecular complexity index is 398. The van der Waals surface area contributed by atoms with Crippen LogP contribution >= 0.6 is 0 Å². The third kappa shape index (κ3) is 2.68. The van der Waals surface area contributed by atoms with Crippen molar-refractivity contribution in [1.82, 2.24) is 0 Å². The van der Waals surface area contributed by atoms with Crippen LogP contribution in [0.25, 0.3) is 0 Å². The Labute approximate surface area is 114 Å². The molecule has 0 saturated carbocycles. The highest BCUT2D eigenvalue weighted by atomic mass is 19.4. The Morgan fingerprint density at radius 2 is 0.652 bits per heavy atom. The van der Waals surface area contributed by atoms with Crippen molar-refractivity contribution < 1.29 is 70.0 Å². The van der Waals surface area contributed by atoms with Crippen molar-refractivity contribution in [3.8, 4) is 0 Å². The topological polar surface area (TPSA) is 0 Å². The molecule has 0 spiro atoms. The number of alkyl halides is 13. The molecule has 0 atom stereocenters. The molecule has 0 nitrogen and oxygen atoms in total. The predicted octanol–water partition coefficient (Wildman–Crippen LogP) is 5.11. The molecule has 140 valence electrons. The summed E-state index contributed by atoms with van der Waals surface area (Å²) in [5.41, 5.74) is 0. The van der Waals surface area contributed by atoms with Gasteiger partial charge in [-0.3, -0.25) is 0 Å². The van der Waals surface area contributed by atoms with Crippen LogP contribution in [0.1, 0.15) is 0 Å². The first-order chi connectivity index (χ1) is 9.50. The first kappa shape index (κ1) is 21.9. The Kier molecular flexibility index (Phi) is 4.74. The van der Waals surface area contributed by atoms with Crippen LogP contribution in [-0.4, -0.2) is 42.7 Å². The van der Waals surface area contributed by atoms with Gasteiger partial charge in [-0.1, -0.05) is 0 Å². The molecule has 0 aromatic heterocycles. The van der Waals surface area contributed by atoms with Crippen LogP contribution in [0.3, 0.4) is 0 Å². The normalized spacial score (nSPS) is 16.7. The third-order valence-corrected chi connectivity index (χ3v) is 2.37. The first-order valence-corrected chi connectivity index (χ1v) is 4.65. The predicted molar refractivity (Wildman–Crippen MR) is 39.9 cm³/mol. The molecule has 0 unspecified atom stereocenters. The van der Waals surface area contributed by atoms with Gasteiger partial charge in [-0.2, -0.15) is 48.3 Å². The smallest absolute Gasteiger partial charge is 0.445 e. The zero-order valence-electron chi connectivity index (χ0n) is 9.62. The lowest BCUT2D eigenvalue weighted by Gasteiger charge is -2.42. The molecular weight excluding hydrogens is 387 g/mol. The van der Waals surface area contributed by atoms with Gasteiger partial charge >= 0.3 is 36.8 Å². The molecule has 0 saturated heterocycles. The monoisotopic (exact) mass is 387 g/mol. The lowest BCUT2D eigenvalue weighted by molar-refractivity contribution is -0.435. The van der Waals surface area contributed by atoms with E-state index in [1.807, 2.05) is 0 Å². The first-order valence-electron chi connectivity index (χ1n) is 4.65. The maximum absolute atomic E-state index is 12.6. The van der Waals surface area contributed by atoms with Gasteiger partial charge in [0.15, 0.2) is 0 Å². The molecule has 0 aliphatic rings. The molecule has 0 N–H and O–H groups in total. The minimum absolute atomic E-state index is 7.66. The zero-order chi connectivity index (χ0) is 19.5. The Balaban J connectivity index is 6.37. The minimum atomic E-state index is -8.42. The number of hydrogen-bond donors (Lipinski definition) is 0. The molecule has 0 aromatic carbocycles. The second kappa shape index (κ2) is 4.97. The second-order valence-corrected chi connectivity index (χ2v) is 3.99. The lowest BCUT2D eigenvalue weighted by atomic mass is 9.73. The fourth-order valence-electron chi connectivity index (χ4n) is 0.987.